The van der Waals surface area contributed by atoms with E-state index in [4.69, 9.17) is 9.47 Å². The first kappa shape index (κ1) is 20.9. The minimum atomic E-state index is -0.448. The lowest BCUT2D eigenvalue weighted by atomic mass is 10.1. The highest BCUT2D eigenvalue weighted by molar-refractivity contribution is 6.04. The maximum atomic E-state index is 12.9. The number of likely N-dealkylation sites (tertiary alicyclic amines) is 1. The molecule has 0 spiro atoms. The van der Waals surface area contributed by atoms with E-state index in [0.29, 0.717) is 17.9 Å². The van der Waals surface area contributed by atoms with E-state index in [1.165, 1.54) is 7.11 Å². The molecule has 1 saturated heterocycles. The summed E-state index contributed by atoms with van der Waals surface area (Å²) in [4.78, 5) is 38.5. The Morgan fingerprint density at radius 3 is 2.41 bits per heavy atom. The predicted molar refractivity (Wildman–Crippen MR) is 102 cm³/mol. The smallest absolute Gasteiger partial charge is 0.306 e. The Hall–Kier alpha value is -2.41. The standard InChI is InChI=1S/C20H28N2O5/c1-26-14-15-27-19(24)11-10-18(23)21-17-9-5-4-8-16(17)20(25)22-12-6-2-3-7-13-22/h4-5,8-9H,2-3,6-7,10-15H2,1H3,(H,21,23). The number of nitrogens with zero attached hydrogens (tertiary/aromatic N) is 1. The van der Waals surface area contributed by atoms with Gasteiger partial charge in [0.2, 0.25) is 5.91 Å². The Kier molecular flexibility index (Phi) is 8.77. The van der Waals surface area contributed by atoms with Crippen LogP contribution in [0.2, 0.25) is 0 Å². The molecule has 1 N–H and O–H groups in total. The Labute approximate surface area is 160 Å². The Balaban J connectivity index is 1.91. The van der Waals surface area contributed by atoms with Crippen molar-refractivity contribution in [2.45, 2.75) is 38.5 Å². The molecule has 0 radical (unpaired) electrons. The summed E-state index contributed by atoms with van der Waals surface area (Å²) in [5.41, 5.74) is 0.958. The van der Waals surface area contributed by atoms with Crippen molar-refractivity contribution in [1.29, 1.82) is 0 Å². The predicted octanol–water partition coefficient (Wildman–Crippen LogP) is 2.61. The fourth-order valence-corrected chi connectivity index (χ4v) is 2.96. The number of para-hydroxylation sites is 1. The molecular formula is C20H28N2O5. The zero-order valence-electron chi connectivity index (χ0n) is 15.9. The fourth-order valence-electron chi connectivity index (χ4n) is 2.96. The first-order valence-electron chi connectivity index (χ1n) is 9.44. The largest absolute Gasteiger partial charge is 0.463 e. The van der Waals surface area contributed by atoms with E-state index in [0.717, 1.165) is 38.8 Å². The summed E-state index contributed by atoms with van der Waals surface area (Å²) in [7, 11) is 1.52. The lowest BCUT2D eigenvalue weighted by Crippen LogP contribution is -2.32. The summed E-state index contributed by atoms with van der Waals surface area (Å²) in [5.74, 6) is -0.835. The van der Waals surface area contributed by atoms with E-state index in [1.54, 1.807) is 24.3 Å². The van der Waals surface area contributed by atoms with Crippen molar-refractivity contribution in [2.24, 2.45) is 0 Å². The van der Waals surface area contributed by atoms with Gasteiger partial charge in [-0.25, -0.2) is 0 Å². The van der Waals surface area contributed by atoms with Crippen LogP contribution in [0.3, 0.4) is 0 Å². The van der Waals surface area contributed by atoms with Crippen molar-refractivity contribution < 1.29 is 23.9 Å². The SMILES string of the molecule is COCCOC(=O)CCC(=O)Nc1ccccc1C(=O)N1CCCCCC1. The molecule has 0 aromatic heterocycles. The van der Waals surface area contributed by atoms with Crippen molar-refractivity contribution >= 4 is 23.5 Å². The van der Waals surface area contributed by atoms with Gasteiger partial charge in [-0.1, -0.05) is 25.0 Å². The molecule has 0 unspecified atom stereocenters. The minimum absolute atomic E-state index is 0.00193. The number of hydrogen-bond donors (Lipinski definition) is 1. The molecule has 0 aliphatic carbocycles. The molecule has 27 heavy (non-hydrogen) atoms. The number of esters is 1. The molecule has 2 rings (SSSR count). The number of carbonyl (C=O) groups excluding carboxylic acids is 3. The number of benzene rings is 1. The van der Waals surface area contributed by atoms with Gasteiger partial charge in [-0.3, -0.25) is 14.4 Å². The van der Waals surface area contributed by atoms with Gasteiger partial charge in [0.05, 0.1) is 24.3 Å². The van der Waals surface area contributed by atoms with Gasteiger partial charge in [0.1, 0.15) is 6.61 Å². The first-order valence-corrected chi connectivity index (χ1v) is 9.44. The van der Waals surface area contributed by atoms with Gasteiger partial charge in [0, 0.05) is 26.6 Å². The van der Waals surface area contributed by atoms with Crippen LogP contribution in [0.15, 0.2) is 24.3 Å². The average molecular weight is 376 g/mol. The van der Waals surface area contributed by atoms with Crippen LogP contribution in [0, 0.1) is 0 Å². The van der Waals surface area contributed by atoms with E-state index < -0.39 is 5.97 Å². The van der Waals surface area contributed by atoms with Gasteiger partial charge in [0.15, 0.2) is 0 Å². The molecule has 7 nitrogen and oxygen atoms in total. The van der Waals surface area contributed by atoms with E-state index in [9.17, 15) is 14.4 Å². The van der Waals surface area contributed by atoms with Crippen LogP contribution in [-0.4, -0.2) is 56.1 Å². The van der Waals surface area contributed by atoms with E-state index >= 15 is 0 Å². The Morgan fingerprint density at radius 1 is 1.00 bits per heavy atom. The van der Waals surface area contributed by atoms with Crippen LogP contribution in [0.4, 0.5) is 5.69 Å². The van der Waals surface area contributed by atoms with Gasteiger partial charge in [-0.2, -0.15) is 0 Å². The molecule has 2 amide bonds. The quantitative estimate of drug-likeness (QED) is 0.557. The number of ether oxygens (including phenoxy) is 2. The molecule has 0 atom stereocenters. The third kappa shape index (κ3) is 7.02. The molecule has 1 aliphatic rings. The van der Waals surface area contributed by atoms with Crippen LogP contribution >= 0.6 is 0 Å². The molecule has 1 aliphatic heterocycles. The van der Waals surface area contributed by atoms with Crippen LogP contribution in [0.5, 0.6) is 0 Å². The number of hydrogen-bond acceptors (Lipinski definition) is 5. The number of carbonyl (C=O) groups is 3. The number of nitrogens with one attached hydrogen (secondary N) is 1. The molecule has 1 heterocycles. The van der Waals surface area contributed by atoms with Crippen LogP contribution in [-0.2, 0) is 19.1 Å². The van der Waals surface area contributed by atoms with Gasteiger partial charge in [-0.15, -0.1) is 0 Å². The van der Waals surface area contributed by atoms with E-state index in [-0.39, 0.29) is 31.3 Å². The zero-order valence-corrected chi connectivity index (χ0v) is 15.9. The first-order chi connectivity index (χ1) is 13.1. The lowest BCUT2D eigenvalue weighted by Gasteiger charge is -2.22. The maximum Gasteiger partial charge on any atom is 0.306 e. The maximum absolute atomic E-state index is 12.9. The second kappa shape index (κ2) is 11.3. The van der Waals surface area contributed by atoms with Crippen molar-refractivity contribution in [1.82, 2.24) is 4.90 Å². The lowest BCUT2D eigenvalue weighted by molar-refractivity contribution is -0.145. The normalized spacial score (nSPS) is 14.3. The molecule has 1 aromatic rings. The van der Waals surface area contributed by atoms with E-state index in [2.05, 4.69) is 5.32 Å². The van der Waals surface area contributed by atoms with Crippen molar-refractivity contribution in [2.75, 3.05) is 38.7 Å². The van der Waals surface area contributed by atoms with Crippen molar-refractivity contribution in [3.63, 3.8) is 0 Å². The summed E-state index contributed by atoms with van der Waals surface area (Å²) in [5, 5.41) is 2.75. The van der Waals surface area contributed by atoms with Gasteiger partial charge < -0.3 is 19.7 Å². The number of anilines is 1. The monoisotopic (exact) mass is 376 g/mol. The number of rotatable bonds is 8. The van der Waals surface area contributed by atoms with Crippen LogP contribution < -0.4 is 5.32 Å². The number of methoxy groups -OCH3 is 1. The topological polar surface area (TPSA) is 84.9 Å². The molecule has 148 valence electrons. The van der Waals surface area contributed by atoms with Crippen molar-refractivity contribution in [3.05, 3.63) is 29.8 Å². The zero-order chi connectivity index (χ0) is 19.5. The summed E-state index contributed by atoms with van der Waals surface area (Å²) in [6.45, 7) is 1.98. The Bertz CT molecular complexity index is 639. The third-order valence-electron chi connectivity index (χ3n) is 4.43. The molecule has 1 fully saturated rings. The second-order valence-corrected chi connectivity index (χ2v) is 6.51. The van der Waals surface area contributed by atoms with Crippen LogP contribution in [0.25, 0.3) is 0 Å². The third-order valence-corrected chi connectivity index (χ3v) is 4.43. The summed E-state index contributed by atoms with van der Waals surface area (Å²) < 4.78 is 9.73. The summed E-state index contributed by atoms with van der Waals surface area (Å²) in [6.07, 6.45) is 4.28. The van der Waals surface area contributed by atoms with Gasteiger partial charge in [-0.05, 0) is 25.0 Å². The van der Waals surface area contributed by atoms with Crippen LogP contribution in [0.1, 0.15) is 48.9 Å². The molecule has 7 heteroatoms. The molecule has 0 saturated carbocycles. The summed E-state index contributed by atoms with van der Waals surface area (Å²) in [6, 6.07) is 6.99. The van der Waals surface area contributed by atoms with Gasteiger partial charge in [0.25, 0.3) is 5.91 Å². The van der Waals surface area contributed by atoms with Crippen molar-refractivity contribution in [3.8, 4) is 0 Å². The highest BCUT2D eigenvalue weighted by atomic mass is 16.6. The van der Waals surface area contributed by atoms with Gasteiger partial charge >= 0.3 is 5.97 Å². The number of amides is 2. The highest BCUT2D eigenvalue weighted by Gasteiger charge is 2.20. The average Bonchev–Trinajstić information content (AvgIpc) is 2.96. The fraction of sp³-hybridized carbons (Fsp3) is 0.550. The molecular weight excluding hydrogens is 348 g/mol. The Morgan fingerprint density at radius 2 is 1.70 bits per heavy atom. The molecule has 1 aromatic carbocycles. The summed E-state index contributed by atoms with van der Waals surface area (Å²) >= 11 is 0. The minimum Gasteiger partial charge on any atom is -0.463 e. The molecule has 0 bridgehead atoms. The highest BCUT2D eigenvalue weighted by Crippen LogP contribution is 2.20. The van der Waals surface area contributed by atoms with E-state index in [1.807, 2.05) is 4.90 Å². The second-order valence-electron chi connectivity index (χ2n) is 6.51.